The van der Waals surface area contributed by atoms with Gasteiger partial charge < -0.3 is 20.3 Å². The molecule has 4 nitrogen and oxygen atoms in total. The third-order valence-electron chi connectivity index (χ3n) is 2.36. The van der Waals surface area contributed by atoms with Gasteiger partial charge >= 0.3 is 0 Å². The fourth-order valence-electron chi connectivity index (χ4n) is 1.20. The van der Waals surface area contributed by atoms with Crippen molar-refractivity contribution in [2.45, 2.75) is 12.5 Å². The van der Waals surface area contributed by atoms with Crippen LogP contribution in [0.25, 0.3) is 0 Å². The quantitative estimate of drug-likeness (QED) is 0.588. The van der Waals surface area contributed by atoms with Crippen LogP contribution in [0.3, 0.4) is 0 Å². The summed E-state index contributed by atoms with van der Waals surface area (Å²) >= 11 is 0. The van der Waals surface area contributed by atoms with E-state index in [0.29, 0.717) is 13.2 Å². The van der Waals surface area contributed by atoms with E-state index in [9.17, 15) is 0 Å². The van der Waals surface area contributed by atoms with Crippen molar-refractivity contribution in [3.8, 4) is 5.75 Å². The maximum Gasteiger partial charge on any atom is 0.119 e. The van der Waals surface area contributed by atoms with Gasteiger partial charge in [-0.05, 0) is 19.1 Å². The number of para-hydroxylation sites is 1. The summed E-state index contributed by atoms with van der Waals surface area (Å²) < 4.78 is 5.46. The molecule has 0 aliphatic heterocycles. The van der Waals surface area contributed by atoms with E-state index in [-0.39, 0.29) is 13.2 Å². The van der Waals surface area contributed by atoms with Crippen LogP contribution in [0.15, 0.2) is 30.3 Å². The molecule has 0 fully saturated rings. The lowest BCUT2D eigenvalue weighted by Crippen LogP contribution is -2.50. The topological polar surface area (TPSA) is 61.7 Å². The van der Waals surface area contributed by atoms with Crippen molar-refractivity contribution in [1.29, 1.82) is 0 Å². The Morgan fingerprint density at radius 2 is 1.81 bits per heavy atom. The highest BCUT2D eigenvalue weighted by molar-refractivity contribution is 5.20. The van der Waals surface area contributed by atoms with Gasteiger partial charge in [0, 0.05) is 6.54 Å². The zero-order valence-corrected chi connectivity index (χ0v) is 9.52. The number of ether oxygens (including phenoxy) is 1. The molecule has 3 N–H and O–H groups in total. The second-order valence-corrected chi connectivity index (χ2v) is 3.97. The van der Waals surface area contributed by atoms with Gasteiger partial charge in [-0.15, -0.1) is 0 Å². The van der Waals surface area contributed by atoms with Crippen molar-refractivity contribution in [2.24, 2.45) is 0 Å². The standard InChI is InChI=1S/C12H19NO3/c1-12(9-14,10-15)13-7-8-16-11-5-3-2-4-6-11/h2-6,13-15H,7-10H2,1H3. The molecule has 1 aromatic carbocycles. The molecule has 0 spiro atoms. The van der Waals surface area contributed by atoms with Crippen molar-refractivity contribution in [3.05, 3.63) is 30.3 Å². The van der Waals surface area contributed by atoms with Gasteiger partial charge in [-0.2, -0.15) is 0 Å². The molecule has 0 bridgehead atoms. The average Bonchev–Trinajstić information content (AvgIpc) is 2.36. The molecule has 0 heterocycles. The van der Waals surface area contributed by atoms with Crippen LogP contribution in [0.2, 0.25) is 0 Å². The molecule has 1 rings (SSSR count). The van der Waals surface area contributed by atoms with Crippen LogP contribution in [0.1, 0.15) is 6.92 Å². The maximum atomic E-state index is 9.04. The van der Waals surface area contributed by atoms with Crippen LogP contribution >= 0.6 is 0 Å². The number of benzene rings is 1. The first-order chi connectivity index (χ1) is 7.70. The third-order valence-corrected chi connectivity index (χ3v) is 2.36. The van der Waals surface area contributed by atoms with Crippen molar-refractivity contribution in [2.75, 3.05) is 26.4 Å². The van der Waals surface area contributed by atoms with Crippen LogP contribution in [0.5, 0.6) is 5.75 Å². The van der Waals surface area contributed by atoms with Gasteiger partial charge in [0.05, 0.1) is 18.8 Å². The van der Waals surface area contributed by atoms with Gasteiger partial charge in [0.1, 0.15) is 12.4 Å². The van der Waals surface area contributed by atoms with E-state index in [1.165, 1.54) is 0 Å². The second-order valence-electron chi connectivity index (χ2n) is 3.97. The zero-order chi connectivity index (χ0) is 11.9. The molecule has 0 atom stereocenters. The summed E-state index contributed by atoms with van der Waals surface area (Å²) in [6, 6.07) is 9.52. The minimum atomic E-state index is -0.639. The molecule has 0 saturated carbocycles. The summed E-state index contributed by atoms with van der Waals surface area (Å²) in [4.78, 5) is 0. The van der Waals surface area contributed by atoms with E-state index < -0.39 is 5.54 Å². The highest BCUT2D eigenvalue weighted by Gasteiger charge is 2.20. The fourth-order valence-corrected chi connectivity index (χ4v) is 1.20. The minimum absolute atomic E-state index is 0.102. The Morgan fingerprint density at radius 1 is 1.19 bits per heavy atom. The smallest absolute Gasteiger partial charge is 0.119 e. The number of nitrogens with one attached hydrogen (secondary N) is 1. The normalized spacial score (nSPS) is 11.4. The Hall–Kier alpha value is -1.10. The highest BCUT2D eigenvalue weighted by Crippen LogP contribution is 2.07. The number of hydrogen-bond donors (Lipinski definition) is 3. The molecule has 0 aliphatic rings. The van der Waals surface area contributed by atoms with Crippen LogP contribution < -0.4 is 10.1 Å². The lowest BCUT2D eigenvalue weighted by Gasteiger charge is -2.26. The lowest BCUT2D eigenvalue weighted by atomic mass is 10.1. The molecule has 1 aromatic rings. The molecule has 0 aromatic heterocycles. The first kappa shape index (κ1) is 13.0. The molecule has 4 heteroatoms. The van der Waals surface area contributed by atoms with Gasteiger partial charge in [0.2, 0.25) is 0 Å². The highest BCUT2D eigenvalue weighted by atomic mass is 16.5. The van der Waals surface area contributed by atoms with Crippen LogP contribution in [0.4, 0.5) is 0 Å². The predicted octanol–water partition coefficient (Wildman–Crippen LogP) is 0.398. The Labute approximate surface area is 95.9 Å². The number of aliphatic hydroxyl groups excluding tert-OH is 2. The largest absolute Gasteiger partial charge is 0.492 e. The molecule has 90 valence electrons. The lowest BCUT2D eigenvalue weighted by molar-refractivity contribution is 0.101. The molecule has 0 unspecified atom stereocenters. The molecule has 0 aliphatic carbocycles. The summed E-state index contributed by atoms with van der Waals surface area (Å²) in [6.45, 7) is 2.63. The Bertz CT molecular complexity index is 286. The summed E-state index contributed by atoms with van der Waals surface area (Å²) in [5.41, 5.74) is -0.639. The van der Waals surface area contributed by atoms with Crippen LogP contribution in [0, 0.1) is 0 Å². The molecule has 0 saturated heterocycles. The van der Waals surface area contributed by atoms with Gasteiger partial charge in [0.25, 0.3) is 0 Å². The fraction of sp³-hybridized carbons (Fsp3) is 0.500. The number of rotatable bonds is 7. The van der Waals surface area contributed by atoms with Crippen molar-refractivity contribution in [3.63, 3.8) is 0 Å². The summed E-state index contributed by atoms with van der Waals surface area (Å²) in [6.07, 6.45) is 0. The first-order valence-corrected chi connectivity index (χ1v) is 5.35. The van der Waals surface area contributed by atoms with Gasteiger partial charge in [-0.1, -0.05) is 18.2 Å². The van der Waals surface area contributed by atoms with Crippen molar-refractivity contribution in [1.82, 2.24) is 5.32 Å². The molecular formula is C12H19NO3. The Balaban J connectivity index is 2.22. The summed E-state index contributed by atoms with van der Waals surface area (Å²) in [7, 11) is 0. The predicted molar refractivity (Wildman–Crippen MR) is 62.5 cm³/mol. The second kappa shape index (κ2) is 6.48. The van der Waals surface area contributed by atoms with E-state index in [1.54, 1.807) is 6.92 Å². The van der Waals surface area contributed by atoms with Crippen molar-refractivity contribution >= 4 is 0 Å². The number of aliphatic hydroxyl groups is 2. The van der Waals surface area contributed by atoms with Gasteiger partial charge in [-0.3, -0.25) is 0 Å². The maximum absolute atomic E-state index is 9.04. The summed E-state index contributed by atoms with van der Waals surface area (Å²) in [5, 5.41) is 21.1. The molecule has 0 radical (unpaired) electrons. The average molecular weight is 225 g/mol. The van der Waals surface area contributed by atoms with Gasteiger partial charge in [-0.25, -0.2) is 0 Å². The third kappa shape index (κ3) is 4.18. The van der Waals surface area contributed by atoms with E-state index in [1.807, 2.05) is 30.3 Å². The van der Waals surface area contributed by atoms with Crippen molar-refractivity contribution < 1.29 is 14.9 Å². The first-order valence-electron chi connectivity index (χ1n) is 5.35. The van der Waals surface area contributed by atoms with Gasteiger partial charge in [0.15, 0.2) is 0 Å². The van der Waals surface area contributed by atoms with Crippen LogP contribution in [-0.2, 0) is 0 Å². The Kier molecular flexibility index (Phi) is 5.25. The zero-order valence-electron chi connectivity index (χ0n) is 9.52. The minimum Gasteiger partial charge on any atom is -0.492 e. The van der Waals surface area contributed by atoms with E-state index >= 15 is 0 Å². The van der Waals surface area contributed by atoms with E-state index in [2.05, 4.69) is 5.32 Å². The molecule has 16 heavy (non-hydrogen) atoms. The van der Waals surface area contributed by atoms with Crippen LogP contribution in [-0.4, -0.2) is 42.1 Å². The SMILES string of the molecule is CC(CO)(CO)NCCOc1ccccc1. The van der Waals surface area contributed by atoms with E-state index in [0.717, 1.165) is 5.75 Å². The molecular weight excluding hydrogens is 206 g/mol. The Morgan fingerprint density at radius 3 is 2.38 bits per heavy atom. The summed E-state index contributed by atoms with van der Waals surface area (Å²) in [5.74, 6) is 0.819. The van der Waals surface area contributed by atoms with E-state index in [4.69, 9.17) is 14.9 Å². The molecule has 0 amide bonds. The number of hydrogen-bond acceptors (Lipinski definition) is 4. The monoisotopic (exact) mass is 225 g/mol.